The number of nitrogens with zero attached hydrogens (tertiary/aromatic N) is 2. The SMILES string of the molecule is CN1CCN(c2cccc(F)c2O)CC1. The molecule has 1 aromatic carbocycles. The van der Waals surface area contributed by atoms with Crippen LogP contribution < -0.4 is 4.90 Å². The molecule has 0 aliphatic carbocycles. The van der Waals surface area contributed by atoms with Crippen molar-refractivity contribution in [3.63, 3.8) is 0 Å². The van der Waals surface area contributed by atoms with Crippen LogP contribution in [0, 0.1) is 5.82 Å². The first-order valence-corrected chi connectivity index (χ1v) is 5.09. The first kappa shape index (κ1) is 10.2. The Morgan fingerprint density at radius 2 is 1.87 bits per heavy atom. The van der Waals surface area contributed by atoms with E-state index in [1.54, 1.807) is 12.1 Å². The number of phenolic OH excluding ortho intramolecular Hbond substituents is 1. The van der Waals surface area contributed by atoms with Gasteiger partial charge in [0.25, 0.3) is 0 Å². The fourth-order valence-electron chi connectivity index (χ4n) is 1.81. The van der Waals surface area contributed by atoms with Crippen molar-refractivity contribution in [1.82, 2.24) is 4.90 Å². The van der Waals surface area contributed by atoms with Gasteiger partial charge in [0.1, 0.15) is 0 Å². The Bertz CT molecular complexity index is 348. The molecule has 2 rings (SSSR count). The molecular formula is C11H15FN2O. The van der Waals surface area contributed by atoms with Crippen molar-refractivity contribution in [1.29, 1.82) is 0 Å². The monoisotopic (exact) mass is 210 g/mol. The number of phenols is 1. The van der Waals surface area contributed by atoms with Crippen LogP contribution in [0.5, 0.6) is 5.75 Å². The molecule has 1 aliphatic heterocycles. The number of piperazine rings is 1. The highest BCUT2D eigenvalue weighted by atomic mass is 19.1. The Kier molecular flexibility index (Phi) is 2.77. The molecule has 0 amide bonds. The van der Waals surface area contributed by atoms with Crippen LogP contribution in [0.15, 0.2) is 18.2 Å². The predicted molar refractivity (Wildman–Crippen MR) is 57.8 cm³/mol. The second-order valence-corrected chi connectivity index (χ2v) is 3.90. The predicted octanol–water partition coefficient (Wildman–Crippen LogP) is 1.28. The summed E-state index contributed by atoms with van der Waals surface area (Å²) in [6.45, 7) is 3.53. The standard InChI is InChI=1S/C11H15FN2O/c1-13-5-7-14(8-6-13)10-4-2-3-9(12)11(10)15/h2-4,15H,5-8H2,1H3. The number of hydrogen-bond donors (Lipinski definition) is 1. The zero-order valence-electron chi connectivity index (χ0n) is 8.78. The van der Waals surface area contributed by atoms with Crippen molar-refractivity contribution in [3.05, 3.63) is 24.0 Å². The van der Waals surface area contributed by atoms with Crippen LogP contribution in [-0.2, 0) is 0 Å². The highest BCUT2D eigenvalue weighted by Crippen LogP contribution is 2.30. The van der Waals surface area contributed by atoms with Gasteiger partial charge in [-0.05, 0) is 19.2 Å². The Labute approximate surface area is 88.7 Å². The molecule has 1 fully saturated rings. The van der Waals surface area contributed by atoms with E-state index in [0.717, 1.165) is 26.2 Å². The van der Waals surface area contributed by atoms with Gasteiger partial charge >= 0.3 is 0 Å². The summed E-state index contributed by atoms with van der Waals surface area (Å²) in [5, 5.41) is 9.59. The summed E-state index contributed by atoms with van der Waals surface area (Å²) >= 11 is 0. The van der Waals surface area contributed by atoms with Gasteiger partial charge in [-0.25, -0.2) is 4.39 Å². The minimum atomic E-state index is -0.550. The average Bonchev–Trinajstić information content (AvgIpc) is 2.24. The average molecular weight is 210 g/mol. The van der Waals surface area contributed by atoms with Gasteiger partial charge in [0.2, 0.25) is 0 Å². The molecule has 3 nitrogen and oxygen atoms in total. The lowest BCUT2D eigenvalue weighted by molar-refractivity contribution is 0.311. The smallest absolute Gasteiger partial charge is 0.175 e. The van der Waals surface area contributed by atoms with E-state index >= 15 is 0 Å². The van der Waals surface area contributed by atoms with Gasteiger partial charge in [-0.3, -0.25) is 0 Å². The lowest BCUT2D eigenvalue weighted by atomic mass is 10.2. The van der Waals surface area contributed by atoms with Crippen LogP contribution in [0.25, 0.3) is 0 Å². The van der Waals surface area contributed by atoms with Gasteiger partial charge in [0.05, 0.1) is 5.69 Å². The molecule has 0 unspecified atom stereocenters. The first-order chi connectivity index (χ1) is 7.18. The van der Waals surface area contributed by atoms with Crippen molar-refractivity contribution in [2.75, 3.05) is 38.1 Å². The Balaban J connectivity index is 2.19. The zero-order chi connectivity index (χ0) is 10.8. The Hall–Kier alpha value is -1.29. The number of hydrogen-bond acceptors (Lipinski definition) is 3. The molecular weight excluding hydrogens is 195 g/mol. The minimum Gasteiger partial charge on any atom is -0.503 e. The maximum absolute atomic E-state index is 13.1. The summed E-state index contributed by atoms with van der Waals surface area (Å²) in [5.41, 5.74) is 0.600. The van der Waals surface area contributed by atoms with Crippen molar-refractivity contribution in [2.45, 2.75) is 0 Å². The number of rotatable bonds is 1. The van der Waals surface area contributed by atoms with E-state index in [0.29, 0.717) is 5.69 Å². The summed E-state index contributed by atoms with van der Waals surface area (Å²) in [4.78, 5) is 4.23. The molecule has 4 heteroatoms. The van der Waals surface area contributed by atoms with Crippen LogP contribution in [0.3, 0.4) is 0 Å². The number of aromatic hydroxyl groups is 1. The van der Waals surface area contributed by atoms with Gasteiger partial charge in [0, 0.05) is 26.2 Å². The maximum Gasteiger partial charge on any atom is 0.175 e. The van der Waals surface area contributed by atoms with Gasteiger partial charge in [-0.2, -0.15) is 0 Å². The van der Waals surface area contributed by atoms with Crippen molar-refractivity contribution in [2.24, 2.45) is 0 Å². The molecule has 0 spiro atoms. The Morgan fingerprint density at radius 1 is 1.20 bits per heavy atom. The third-order valence-electron chi connectivity index (χ3n) is 2.81. The molecule has 1 heterocycles. The number of para-hydroxylation sites is 1. The minimum absolute atomic E-state index is 0.234. The molecule has 0 radical (unpaired) electrons. The molecule has 1 aromatic rings. The van der Waals surface area contributed by atoms with E-state index in [4.69, 9.17) is 0 Å². The van der Waals surface area contributed by atoms with E-state index in [2.05, 4.69) is 11.9 Å². The summed E-state index contributed by atoms with van der Waals surface area (Å²) in [6, 6.07) is 4.65. The van der Waals surface area contributed by atoms with Gasteiger partial charge in [-0.1, -0.05) is 6.07 Å². The topological polar surface area (TPSA) is 26.7 Å². The van der Waals surface area contributed by atoms with Crippen molar-refractivity contribution >= 4 is 5.69 Å². The molecule has 0 saturated carbocycles. The van der Waals surface area contributed by atoms with E-state index in [1.165, 1.54) is 6.07 Å². The lowest BCUT2D eigenvalue weighted by Crippen LogP contribution is -2.44. The zero-order valence-corrected chi connectivity index (χ0v) is 8.78. The number of anilines is 1. The second kappa shape index (κ2) is 4.06. The summed E-state index contributed by atoms with van der Waals surface area (Å²) in [6.07, 6.45) is 0. The highest BCUT2D eigenvalue weighted by molar-refractivity contribution is 5.58. The second-order valence-electron chi connectivity index (χ2n) is 3.90. The highest BCUT2D eigenvalue weighted by Gasteiger charge is 2.18. The molecule has 15 heavy (non-hydrogen) atoms. The van der Waals surface area contributed by atoms with E-state index in [1.807, 2.05) is 4.90 Å². The normalized spacial score (nSPS) is 18.1. The molecule has 0 aromatic heterocycles. The summed E-state index contributed by atoms with van der Waals surface area (Å²) in [7, 11) is 2.06. The quantitative estimate of drug-likeness (QED) is 0.756. The largest absolute Gasteiger partial charge is 0.503 e. The molecule has 0 atom stereocenters. The van der Waals surface area contributed by atoms with E-state index in [-0.39, 0.29) is 5.75 Å². The van der Waals surface area contributed by atoms with Crippen LogP contribution in [0.2, 0.25) is 0 Å². The number of halogens is 1. The number of likely N-dealkylation sites (N-methyl/N-ethyl adjacent to an activating group) is 1. The molecule has 1 aliphatic rings. The van der Waals surface area contributed by atoms with Crippen LogP contribution in [-0.4, -0.2) is 43.2 Å². The van der Waals surface area contributed by atoms with Crippen molar-refractivity contribution in [3.8, 4) is 5.75 Å². The molecule has 1 saturated heterocycles. The summed E-state index contributed by atoms with van der Waals surface area (Å²) < 4.78 is 13.1. The maximum atomic E-state index is 13.1. The Morgan fingerprint density at radius 3 is 2.53 bits per heavy atom. The van der Waals surface area contributed by atoms with E-state index < -0.39 is 5.82 Å². The van der Waals surface area contributed by atoms with Crippen LogP contribution in [0.4, 0.5) is 10.1 Å². The van der Waals surface area contributed by atoms with Crippen LogP contribution >= 0.6 is 0 Å². The fraction of sp³-hybridized carbons (Fsp3) is 0.455. The molecule has 0 bridgehead atoms. The first-order valence-electron chi connectivity index (χ1n) is 5.09. The third kappa shape index (κ3) is 2.04. The van der Waals surface area contributed by atoms with Gasteiger partial charge in [-0.15, -0.1) is 0 Å². The fourth-order valence-corrected chi connectivity index (χ4v) is 1.81. The summed E-state index contributed by atoms with van der Waals surface area (Å²) in [5.74, 6) is -0.784. The van der Waals surface area contributed by atoms with Crippen LogP contribution in [0.1, 0.15) is 0 Å². The van der Waals surface area contributed by atoms with E-state index in [9.17, 15) is 9.50 Å². The van der Waals surface area contributed by atoms with Gasteiger partial charge < -0.3 is 14.9 Å². The lowest BCUT2D eigenvalue weighted by Gasteiger charge is -2.34. The van der Waals surface area contributed by atoms with Crippen molar-refractivity contribution < 1.29 is 9.50 Å². The third-order valence-corrected chi connectivity index (χ3v) is 2.81. The molecule has 1 N–H and O–H groups in total. The number of benzene rings is 1. The molecule has 82 valence electrons. The van der Waals surface area contributed by atoms with Gasteiger partial charge in [0.15, 0.2) is 11.6 Å².